The predicted octanol–water partition coefficient (Wildman–Crippen LogP) is 4.62. The summed E-state index contributed by atoms with van der Waals surface area (Å²) in [5, 5.41) is 20.6. The number of benzene rings is 2. The van der Waals surface area contributed by atoms with E-state index in [-0.39, 0.29) is 28.2 Å². The molecule has 0 aromatic heterocycles. The molecule has 28 heavy (non-hydrogen) atoms. The van der Waals surface area contributed by atoms with Gasteiger partial charge in [0.15, 0.2) is 0 Å². The maximum absolute atomic E-state index is 11.6. The molecule has 0 unspecified atom stereocenters. The SMILES string of the molecule is CC(=O)Nc1ccc(N=Nc2cc(C(C)(C)C)cc(C)c2O)cc1S(=O)(=O)O. The summed E-state index contributed by atoms with van der Waals surface area (Å²) in [6.07, 6.45) is 0. The number of rotatable bonds is 4. The quantitative estimate of drug-likeness (QED) is 0.505. The molecule has 2 aromatic rings. The van der Waals surface area contributed by atoms with Gasteiger partial charge in [-0.2, -0.15) is 13.5 Å². The number of hydrogen-bond donors (Lipinski definition) is 3. The number of hydrogen-bond acceptors (Lipinski definition) is 6. The highest BCUT2D eigenvalue weighted by Gasteiger charge is 2.19. The summed E-state index contributed by atoms with van der Waals surface area (Å²) >= 11 is 0. The Morgan fingerprint density at radius 1 is 1.11 bits per heavy atom. The van der Waals surface area contributed by atoms with Crippen LogP contribution in [0.5, 0.6) is 5.75 Å². The van der Waals surface area contributed by atoms with Crippen molar-refractivity contribution in [3.05, 3.63) is 41.5 Å². The number of nitrogens with zero attached hydrogens (tertiary/aromatic N) is 2. The lowest BCUT2D eigenvalue weighted by atomic mass is 9.86. The number of azo groups is 1. The highest BCUT2D eigenvalue weighted by Crippen LogP contribution is 2.37. The minimum Gasteiger partial charge on any atom is -0.505 e. The van der Waals surface area contributed by atoms with Crippen molar-refractivity contribution in [2.45, 2.75) is 44.9 Å². The van der Waals surface area contributed by atoms with E-state index in [2.05, 4.69) is 15.5 Å². The second-order valence-electron chi connectivity index (χ2n) is 7.45. The van der Waals surface area contributed by atoms with Crippen molar-refractivity contribution in [2.75, 3.05) is 5.32 Å². The van der Waals surface area contributed by atoms with E-state index >= 15 is 0 Å². The van der Waals surface area contributed by atoms with Crippen LogP contribution in [0.15, 0.2) is 45.5 Å². The van der Waals surface area contributed by atoms with Crippen LogP contribution in [-0.2, 0) is 20.3 Å². The Kier molecular flexibility index (Phi) is 5.91. The van der Waals surface area contributed by atoms with Gasteiger partial charge in [0.25, 0.3) is 10.1 Å². The molecule has 0 radical (unpaired) electrons. The monoisotopic (exact) mass is 405 g/mol. The van der Waals surface area contributed by atoms with Crippen molar-refractivity contribution in [1.82, 2.24) is 0 Å². The van der Waals surface area contributed by atoms with Crippen molar-refractivity contribution in [2.24, 2.45) is 10.2 Å². The molecular formula is C19H23N3O5S. The molecular weight excluding hydrogens is 382 g/mol. The maximum Gasteiger partial charge on any atom is 0.296 e. The molecule has 150 valence electrons. The number of anilines is 1. The highest BCUT2D eigenvalue weighted by atomic mass is 32.2. The minimum absolute atomic E-state index is 0.0263. The van der Waals surface area contributed by atoms with Gasteiger partial charge in [-0.05, 0) is 47.7 Å². The van der Waals surface area contributed by atoms with Gasteiger partial charge in [-0.3, -0.25) is 9.35 Å². The predicted molar refractivity (Wildman–Crippen MR) is 106 cm³/mol. The average Bonchev–Trinajstić information content (AvgIpc) is 2.54. The van der Waals surface area contributed by atoms with Crippen LogP contribution in [0.2, 0.25) is 0 Å². The molecule has 0 spiro atoms. The van der Waals surface area contributed by atoms with Crippen LogP contribution in [0.1, 0.15) is 38.8 Å². The number of aromatic hydroxyl groups is 1. The summed E-state index contributed by atoms with van der Waals surface area (Å²) in [7, 11) is -4.59. The molecule has 0 saturated carbocycles. The zero-order valence-electron chi connectivity index (χ0n) is 16.3. The van der Waals surface area contributed by atoms with Gasteiger partial charge in [0, 0.05) is 6.92 Å². The zero-order chi connectivity index (χ0) is 21.3. The fourth-order valence-corrected chi connectivity index (χ4v) is 3.13. The van der Waals surface area contributed by atoms with Gasteiger partial charge >= 0.3 is 0 Å². The largest absolute Gasteiger partial charge is 0.505 e. The smallest absolute Gasteiger partial charge is 0.296 e. The first-order valence-corrected chi connectivity index (χ1v) is 9.88. The minimum atomic E-state index is -4.59. The fraction of sp³-hybridized carbons (Fsp3) is 0.316. The Bertz CT molecular complexity index is 1050. The molecule has 0 aliphatic rings. The van der Waals surface area contributed by atoms with Crippen LogP contribution in [0.4, 0.5) is 17.1 Å². The molecule has 2 rings (SSSR count). The van der Waals surface area contributed by atoms with Gasteiger partial charge in [-0.1, -0.05) is 26.8 Å². The van der Waals surface area contributed by atoms with Crippen LogP contribution < -0.4 is 5.32 Å². The molecule has 0 saturated heterocycles. The molecule has 0 aliphatic carbocycles. The van der Waals surface area contributed by atoms with Crippen LogP contribution in [0.3, 0.4) is 0 Å². The summed E-state index contributed by atoms with van der Waals surface area (Å²) in [5.41, 5.74) is 1.73. The standard InChI is InChI=1S/C19H23N3O5S/c1-11-8-13(19(3,4)5)9-16(18(11)24)22-21-14-6-7-15(20-12(2)23)17(10-14)28(25,26)27/h6-10,24H,1-5H3,(H,20,23)(H,25,26,27). The van der Waals surface area contributed by atoms with Crippen molar-refractivity contribution in [3.63, 3.8) is 0 Å². The van der Waals surface area contributed by atoms with Crippen LogP contribution in [0.25, 0.3) is 0 Å². The number of amides is 1. The van der Waals surface area contributed by atoms with E-state index < -0.39 is 20.9 Å². The first kappa shape index (κ1) is 21.5. The Hall–Kier alpha value is -2.78. The molecule has 0 bridgehead atoms. The molecule has 0 atom stereocenters. The van der Waals surface area contributed by atoms with Gasteiger partial charge < -0.3 is 10.4 Å². The number of carbonyl (C=O) groups is 1. The summed E-state index contributed by atoms with van der Waals surface area (Å²) in [6, 6.07) is 7.40. The summed E-state index contributed by atoms with van der Waals surface area (Å²) in [6.45, 7) is 9.05. The lowest BCUT2D eigenvalue weighted by molar-refractivity contribution is -0.114. The van der Waals surface area contributed by atoms with E-state index in [4.69, 9.17) is 0 Å². The maximum atomic E-state index is 11.6. The van der Waals surface area contributed by atoms with E-state index in [1.807, 2.05) is 26.8 Å². The van der Waals surface area contributed by atoms with Gasteiger partial charge in [0.2, 0.25) is 5.91 Å². The van der Waals surface area contributed by atoms with E-state index in [0.717, 1.165) is 11.6 Å². The third-order valence-corrected chi connectivity index (χ3v) is 4.87. The van der Waals surface area contributed by atoms with E-state index in [0.29, 0.717) is 5.56 Å². The molecule has 8 nitrogen and oxygen atoms in total. The van der Waals surface area contributed by atoms with Crippen molar-refractivity contribution in [1.29, 1.82) is 0 Å². The fourth-order valence-electron chi connectivity index (χ4n) is 2.46. The van der Waals surface area contributed by atoms with Crippen molar-refractivity contribution < 1.29 is 22.9 Å². The Morgan fingerprint density at radius 3 is 2.29 bits per heavy atom. The number of aryl methyl sites for hydroxylation is 1. The van der Waals surface area contributed by atoms with Crippen LogP contribution >= 0.6 is 0 Å². The third kappa shape index (κ3) is 5.14. The Morgan fingerprint density at radius 2 is 1.75 bits per heavy atom. The zero-order valence-corrected chi connectivity index (χ0v) is 17.1. The Labute approximate surface area is 164 Å². The summed E-state index contributed by atoms with van der Waals surface area (Å²) in [5.74, 6) is -0.514. The van der Waals surface area contributed by atoms with Gasteiger partial charge in [-0.15, -0.1) is 5.11 Å². The first-order chi connectivity index (χ1) is 12.8. The molecule has 9 heteroatoms. The number of carbonyl (C=O) groups excluding carboxylic acids is 1. The molecule has 0 aliphatic heterocycles. The Balaban J connectivity index is 2.50. The normalized spacial score (nSPS) is 12.4. The highest BCUT2D eigenvalue weighted by molar-refractivity contribution is 7.86. The molecule has 1 amide bonds. The second kappa shape index (κ2) is 7.69. The summed E-state index contributed by atoms with van der Waals surface area (Å²) in [4.78, 5) is 10.7. The van der Waals surface area contributed by atoms with Gasteiger partial charge in [0.05, 0.1) is 11.4 Å². The topological polar surface area (TPSA) is 128 Å². The number of phenolic OH excluding ortho intramolecular Hbond substituents is 1. The third-order valence-electron chi connectivity index (χ3n) is 3.97. The van der Waals surface area contributed by atoms with E-state index in [9.17, 15) is 22.9 Å². The van der Waals surface area contributed by atoms with Crippen molar-refractivity contribution in [3.8, 4) is 5.75 Å². The van der Waals surface area contributed by atoms with E-state index in [1.165, 1.54) is 19.1 Å². The lowest BCUT2D eigenvalue weighted by Gasteiger charge is -2.20. The summed E-state index contributed by atoms with van der Waals surface area (Å²) < 4.78 is 32.6. The number of nitrogens with one attached hydrogen (secondary N) is 1. The molecule has 3 N–H and O–H groups in total. The molecule has 2 aromatic carbocycles. The van der Waals surface area contributed by atoms with Gasteiger partial charge in [0.1, 0.15) is 16.3 Å². The van der Waals surface area contributed by atoms with Gasteiger partial charge in [-0.25, -0.2) is 0 Å². The lowest BCUT2D eigenvalue weighted by Crippen LogP contribution is -2.11. The second-order valence-corrected chi connectivity index (χ2v) is 8.84. The van der Waals surface area contributed by atoms with Crippen molar-refractivity contribution >= 4 is 33.1 Å². The number of phenols is 1. The molecule has 0 heterocycles. The average molecular weight is 405 g/mol. The van der Waals surface area contributed by atoms with E-state index in [1.54, 1.807) is 13.0 Å². The van der Waals surface area contributed by atoms with Crippen LogP contribution in [-0.4, -0.2) is 24.0 Å². The van der Waals surface area contributed by atoms with Crippen LogP contribution in [0, 0.1) is 6.92 Å². The first-order valence-electron chi connectivity index (χ1n) is 8.44. The molecule has 0 fully saturated rings.